The van der Waals surface area contributed by atoms with Gasteiger partial charge in [-0.2, -0.15) is 0 Å². The second-order valence-corrected chi connectivity index (χ2v) is 4.81. The molecular formula is C12H11ClN2O4. The lowest BCUT2D eigenvalue weighted by Gasteiger charge is -2.11. The minimum atomic E-state index is -1.34. The van der Waals surface area contributed by atoms with E-state index in [1.165, 1.54) is 18.2 Å². The maximum absolute atomic E-state index is 11.9. The smallest absolute Gasteiger partial charge is 0.319 e. The van der Waals surface area contributed by atoms with Crippen LogP contribution in [0, 0.1) is 5.41 Å². The van der Waals surface area contributed by atoms with Crippen LogP contribution in [0.4, 0.5) is 5.69 Å². The Morgan fingerprint density at radius 1 is 1.32 bits per heavy atom. The first-order valence-corrected chi connectivity index (χ1v) is 5.89. The van der Waals surface area contributed by atoms with E-state index in [2.05, 4.69) is 5.32 Å². The number of amides is 2. The molecule has 0 heterocycles. The van der Waals surface area contributed by atoms with E-state index in [-0.39, 0.29) is 16.3 Å². The zero-order valence-electron chi connectivity index (χ0n) is 9.77. The highest BCUT2D eigenvalue weighted by Crippen LogP contribution is 2.46. The molecule has 0 saturated heterocycles. The van der Waals surface area contributed by atoms with Crippen molar-refractivity contribution in [3.8, 4) is 0 Å². The van der Waals surface area contributed by atoms with Gasteiger partial charge < -0.3 is 16.2 Å². The van der Waals surface area contributed by atoms with E-state index >= 15 is 0 Å². The zero-order chi connectivity index (χ0) is 14.2. The Morgan fingerprint density at radius 3 is 2.42 bits per heavy atom. The van der Waals surface area contributed by atoms with Crippen LogP contribution >= 0.6 is 11.6 Å². The van der Waals surface area contributed by atoms with Gasteiger partial charge in [0.1, 0.15) is 5.41 Å². The largest absolute Gasteiger partial charge is 0.480 e. The van der Waals surface area contributed by atoms with Gasteiger partial charge in [-0.3, -0.25) is 14.4 Å². The molecule has 0 bridgehead atoms. The van der Waals surface area contributed by atoms with Crippen molar-refractivity contribution >= 4 is 35.1 Å². The molecule has 0 spiro atoms. The minimum absolute atomic E-state index is 0.0691. The van der Waals surface area contributed by atoms with Crippen LogP contribution in [-0.2, 0) is 9.59 Å². The van der Waals surface area contributed by atoms with Crippen LogP contribution in [0.5, 0.6) is 0 Å². The molecule has 0 radical (unpaired) electrons. The minimum Gasteiger partial charge on any atom is -0.480 e. The highest BCUT2D eigenvalue weighted by atomic mass is 35.5. The standard InChI is InChI=1S/C12H11ClN2O4/c13-8-2-1-6(5-7(8)9(14)16)15-10(17)12(3-4-12)11(18)19/h1-2,5H,3-4H2,(H2,14,16)(H,15,17)(H,18,19). The number of nitrogens with one attached hydrogen (secondary N) is 1. The van der Waals surface area contributed by atoms with Crippen molar-refractivity contribution in [2.24, 2.45) is 11.1 Å². The predicted octanol–water partition coefficient (Wildman–Crippen LogP) is 1.24. The third-order valence-electron chi connectivity index (χ3n) is 3.08. The van der Waals surface area contributed by atoms with Gasteiger partial charge in [0.05, 0.1) is 10.6 Å². The van der Waals surface area contributed by atoms with Crippen LogP contribution in [0.2, 0.25) is 5.02 Å². The molecule has 1 aromatic carbocycles. The van der Waals surface area contributed by atoms with Gasteiger partial charge in [-0.15, -0.1) is 0 Å². The molecule has 0 unspecified atom stereocenters. The summed E-state index contributed by atoms with van der Waals surface area (Å²) in [7, 11) is 0. The van der Waals surface area contributed by atoms with Crippen molar-refractivity contribution < 1.29 is 19.5 Å². The van der Waals surface area contributed by atoms with Gasteiger partial charge in [-0.25, -0.2) is 0 Å². The van der Waals surface area contributed by atoms with Crippen LogP contribution in [-0.4, -0.2) is 22.9 Å². The highest BCUT2D eigenvalue weighted by molar-refractivity contribution is 6.34. The number of aliphatic carboxylic acids is 1. The van der Waals surface area contributed by atoms with Gasteiger partial charge >= 0.3 is 5.97 Å². The Bertz CT molecular complexity index is 581. The Kier molecular flexibility index (Phi) is 3.20. The number of hydrogen-bond donors (Lipinski definition) is 3. The Hall–Kier alpha value is -2.08. The van der Waals surface area contributed by atoms with Crippen molar-refractivity contribution in [3.05, 3.63) is 28.8 Å². The maximum Gasteiger partial charge on any atom is 0.319 e. The molecule has 0 atom stereocenters. The van der Waals surface area contributed by atoms with Crippen molar-refractivity contribution in [2.45, 2.75) is 12.8 Å². The molecule has 19 heavy (non-hydrogen) atoms. The number of benzene rings is 1. The van der Waals surface area contributed by atoms with Gasteiger partial charge in [0, 0.05) is 5.69 Å². The number of carbonyl (C=O) groups is 3. The molecule has 1 aromatic rings. The highest BCUT2D eigenvalue weighted by Gasteiger charge is 2.57. The van der Waals surface area contributed by atoms with E-state index in [1.807, 2.05) is 0 Å². The third-order valence-corrected chi connectivity index (χ3v) is 3.41. The van der Waals surface area contributed by atoms with Crippen molar-refractivity contribution in [3.63, 3.8) is 0 Å². The predicted molar refractivity (Wildman–Crippen MR) is 67.9 cm³/mol. The average Bonchev–Trinajstić information content (AvgIpc) is 3.12. The number of anilines is 1. The molecule has 100 valence electrons. The van der Waals surface area contributed by atoms with E-state index in [0.29, 0.717) is 12.8 Å². The fraction of sp³-hybridized carbons (Fsp3) is 0.250. The number of carboxylic acid groups (broad SMARTS) is 1. The maximum atomic E-state index is 11.9. The lowest BCUT2D eigenvalue weighted by atomic mass is 10.1. The number of hydrogen-bond acceptors (Lipinski definition) is 3. The van der Waals surface area contributed by atoms with E-state index < -0.39 is 23.2 Å². The summed E-state index contributed by atoms with van der Waals surface area (Å²) in [6, 6.07) is 4.21. The van der Waals surface area contributed by atoms with E-state index in [9.17, 15) is 14.4 Å². The summed E-state index contributed by atoms with van der Waals surface area (Å²) >= 11 is 5.77. The molecule has 2 amide bonds. The van der Waals surface area contributed by atoms with E-state index in [1.54, 1.807) is 0 Å². The molecule has 1 aliphatic carbocycles. The molecule has 1 aliphatic rings. The quantitative estimate of drug-likeness (QED) is 0.722. The summed E-state index contributed by atoms with van der Waals surface area (Å²) in [5.74, 6) is -2.47. The summed E-state index contributed by atoms with van der Waals surface area (Å²) < 4.78 is 0. The van der Waals surface area contributed by atoms with Crippen molar-refractivity contribution in [2.75, 3.05) is 5.32 Å². The molecule has 0 aromatic heterocycles. The van der Waals surface area contributed by atoms with Gasteiger partial charge in [-0.1, -0.05) is 11.6 Å². The molecule has 6 nitrogen and oxygen atoms in total. The number of halogens is 1. The lowest BCUT2D eigenvalue weighted by Crippen LogP contribution is -2.31. The summed E-state index contributed by atoms with van der Waals surface area (Å²) in [6.07, 6.45) is 0.620. The molecule has 7 heteroatoms. The summed E-state index contributed by atoms with van der Waals surface area (Å²) in [6.45, 7) is 0. The van der Waals surface area contributed by atoms with E-state index in [4.69, 9.17) is 22.4 Å². The summed E-state index contributed by atoms with van der Waals surface area (Å²) in [5, 5.41) is 11.6. The van der Waals surface area contributed by atoms with Crippen LogP contribution in [0.3, 0.4) is 0 Å². The summed E-state index contributed by atoms with van der Waals surface area (Å²) in [5.41, 5.74) is 4.15. The second-order valence-electron chi connectivity index (χ2n) is 4.40. The molecule has 0 aliphatic heterocycles. The number of rotatable bonds is 4. The topological polar surface area (TPSA) is 109 Å². The molecule has 4 N–H and O–H groups in total. The van der Waals surface area contributed by atoms with Crippen LogP contribution in [0.1, 0.15) is 23.2 Å². The second kappa shape index (κ2) is 4.55. The van der Waals surface area contributed by atoms with Crippen molar-refractivity contribution in [1.29, 1.82) is 0 Å². The Morgan fingerprint density at radius 2 is 1.95 bits per heavy atom. The monoisotopic (exact) mass is 282 g/mol. The average molecular weight is 283 g/mol. The van der Waals surface area contributed by atoms with Gasteiger partial charge in [-0.05, 0) is 31.0 Å². The van der Waals surface area contributed by atoms with Gasteiger partial charge in [0.2, 0.25) is 11.8 Å². The first kappa shape index (κ1) is 13.4. The van der Waals surface area contributed by atoms with Crippen LogP contribution < -0.4 is 11.1 Å². The normalized spacial score (nSPS) is 15.6. The molecule has 1 fully saturated rings. The SMILES string of the molecule is NC(=O)c1cc(NC(=O)C2(C(=O)O)CC2)ccc1Cl. The fourth-order valence-electron chi connectivity index (χ4n) is 1.71. The zero-order valence-corrected chi connectivity index (χ0v) is 10.5. The summed E-state index contributed by atoms with van der Waals surface area (Å²) in [4.78, 5) is 34.0. The number of carbonyl (C=O) groups excluding carboxylic acids is 2. The first-order chi connectivity index (χ1) is 8.86. The Balaban J connectivity index is 2.21. The third kappa shape index (κ3) is 2.39. The Labute approximate surface area is 113 Å². The van der Waals surface area contributed by atoms with E-state index in [0.717, 1.165) is 0 Å². The fourth-order valence-corrected chi connectivity index (χ4v) is 1.92. The van der Waals surface area contributed by atoms with Crippen molar-refractivity contribution in [1.82, 2.24) is 0 Å². The number of primary amides is 1. The number of nitrogens with two attached hydrogens (primary N) is 1. The molecular weight excluding hydrogens is 272 g/mol. The lowest BCUT2D eigenvalue weighted by molar-refractivity contribution is -0.147. The van der Waals surface area contributed by atoms with Gasteiger partial charge in [0.25, 0.3) is 0 Å². The molecule has 1 saturated carbocycles. The van der Waals surface area contributed by atoms with Crippen LogP contribution in [0.25, 0.3) is 0 Å². The van der Waals surface area contributed by atoms with Crippen LogP contribution in [0.15, 0.2) is 18.2 Å². The molecule has 2 rings (SSSR count). The number of carboxylic acids is 1. The van der Waals surface area contributed by atoms with Gasteiger partial charge in [0.15, 0.2) is 0 Å². The first-order valence-electron chi connectivity index (χ1n) is 5.51.